The van der Waals surface area contributed by atoms with Gasteiger partial charge in [-0.3, -0.25) is 4.79 Å². The first kappa shape index (κ1) is 23.3. The van der Waals surface area contributed by atoms with E-state index in [1.54, 1.807) is 18.2 Å². The van der Waals surface area contributed by atoms with Gasteiger partial charge in [0.15, 0.2) is 0 Å². The molecule has 2 atom stereocenters. The Bertz CT molecular complexity index is 1210. The maximum Gasteiger partial charge on any atom is 0.471 e. The molecule has 2 aliphatic rings. The van der Waals surface area contributed by atoms with E-state index in [4.69, 9.17) is 9.47 Å². The minimum Gasteiger partial charge on any atom is -0.491 e. The molecule has 0 aliphatic carbocycles. The van der Waals surface area contributed by atoms with E-state index in [1.807, 2.05) is 42.2 Å². The number of carbonyl (C=O) groups excluding carboxylic acids is 1. The Kier molecular flexibility index (Phi) is 6.00. The van der Waals surface area contributed by atoms with Crippen LogP contribution in [0.3, 0.4) is 0 Å². The summed E-state index contributed by atoms with van der Waals surface area (Å²) in [5, 5.41) is 3.46. The number of ether oxygens (including phenoxy) is 2. The first-order valence-corrected chi connectivity index (χ1v) is 11.4. The third kappa shape index (κ3) is 4.62. The lowest BCUT2D eigenvalue weighted by Crippen LogP contribution is -2.48. The minimum absolute atomic E-state index is 0.0143. The number of hydrogen-bond acceptors (Lipinski definition) is 6. The van der Waals surface area contributed by atoms with Gasteiger partial charge in [-0.25, -0.2) is 0 Å². The van der Waals surface area contributed by atoms with Crippen molar-refractivity contribution < 1.29 is 32.0 Å². The zero-order chi connectivity index (χ0) is 24.6. The average Bonchev–Trinajstić information content (AvgIpc) is 3.28. The Balaban J connectivity index is 1.49. The van der Waals surface area contributed by atoms with Gasteiger partial charge in [-0.2, -0.15) is 18.2 Å². The van der Waals surface area contributed by atoms with Gasteiger partial charge in [0.2, 0.25) is 11.7 Å². The average molecular weight is 487 g/mol. The molecule has 2 aliphatic heterocycles. The maximum atomic E-state index is 13.9. The molecule has 1 fully saturated rings. The van der Waals surface area contributed by atoms with Crippen LogP contribution in [0.1, 0.15) is 42.8 Å². The van der Waals surface area contributed by atoms with Crippen molar-refractivity contribution in [3.8, 4) is 17.1 Å². The molecule has 0 N–H and O–H groups in total. The third-order valence-electron chi connectivity index (χ3n) is 6.51. The summed E-state index contributed by atoms with van der Waals surface area (Å²) in [4.78, 5) is 19.1. The number of amides is 1. The minimum atomic E-state index is -4.73. The fourth-order valence-corrected chi connectivity index (χ4v) is 4.58. The van der Waals surface area contributed by atoms with E-state index in [0.29, 0.717) is 24.5 Å². The predicted molar refractivity (Wildman–Crippen MR) is 118 cm³/mol. The molecule has 2 aromatic carbocycles. The highest BCUT2D eigenvalue weighted by molar-refractivity contribution is 5.83. The molecular weight excluding hydrogens is 463 g/mol. The molecule has 184 valence electrons. The fraction of sp³-hybridized carbons (Fsp3) is 0.400. The van der Waals surface area contributed by atoms with Crippen LogP contribution < -0.4 is 4.74 Å². The molecule has 3 aromatic rings. The molecule has 3 heterocycles. The van der Waals surface area contributed by atoms with Crippen LogP contribution in [0.4, 0.5) is 13.2 Å². The van der Waals surface area contributed by atoms with E-state index in [1.165, 1.54) is 0 Å². The van der Waals surface area contributed by atoms with Crippen molar-refractivity contribution >= 4 is 5.91 Å². The van der Waals surface area contributed by atoms with Crippen LogP contribution in [-0.4, -0.2) is 40.8 Å². The van der Waals surface area contributed by atoms with Gasteiger partial charge in [0.05, 0.1) is 24.6 Å². The number of benzene rings is 2. The van der Waals surface area contributed by atoms with Crippen molar-refractivity contribution in [1.29, 1.82) is 0 Å². The van der Waals surface area contributed by atoms with Crippen molar-refractivity contribution in [3.05, 3.63) is 65.5 Å². The van der Waals surface area contributed by atoms with Crippen LogP contribution in [0.2, 0.25) is 0 Å². The van der Waals surface area contributed by atoms with Crippen molar-refractivity contribution in [2.24, 2.45) is 5.41 Å². The van der Waals surface area contributed by atoms with Crippen LogP contribution in [-0.2, 0) is 22.3 Å². The molecule has 1 aromatic heterocycles. The van der Waals surface area contributed by atoms with Crippen molar-refractivity contribution in [1.82, 2.24) is 15.0 Å². The highest BCUT2D eigenvalue weighted by Crippen LogP contribution is 2.39. The molecule has 35 heavy (non-hydrogen) atoms. The van der Waals surface area contributed by atoms with Gasteiger partial charge in [0, 0.05) is 17.7 Å². The summed E-state index contributed by atoms with van der Waals surface area (Å²) in [6, 6.07) is 14.2. The predicted octanol–water partition coefficient (Wildman–Crippen LogP) is 5.03. The second kappa shape index (κ2) is 8.99. The van der Waals surface area contributed by atoms with E-state index >= 15 is 0 Å². The monoisotopic (exact) mass is 487 g/mol. The quantitative estimate of drug-likeness (QED) is 0.516. The molecule has 1 saturated heterocycles. The summed E-state index contributed by atoms with van der Waals surface area (Å²) in [6.45, 7) is 3.40. The first-order chi connectivity index (χ1) is 16.7. The molecule has 1 amide bonds. The number of carbonyl (C=O) groups is 1. The van der Waals surface area contributed by atoms with Gasteiger partial charge >= 0.3 is 12.1 Å². The van der Waals surface area contributed by atoms with Crippen LogP contribution in [0.5, 0.6) is 5.75 Å². The topological polar surface area (TPSA) is 77.7 Å². The Morgan fingerprint density at radius 1 is 1.17 bits per heavy atom. The van der Waals surface area contributed by atoms with Gasteiger partial charge in [-0.05, 0) is 31.4 Å². The Labute approximate surface area is 199 Å². The van der Waals surface area contributed by atoms with E-state index in [0.717, 1.165) is 24.0 Å². The number of hydrogen-bond donors (Lipinski definition) is 0. The maximum absolute atomic E-state index is 13.9. The Morgan fingerprint density at radius 3 is 2.66 bits per heavy atom. The van der Waals surface area contributed by atoms with Crippen LogP contribution in [0, 0.1) is 5.41 Å². The second-order valence-corrected chi connectivity index (χ2v) is 9.13. The number of nitrogens with zero attached hydrogens (tertiary/aromatic N) is 3. The SMILES string of the molecule is C[C@@]1(C(=O)N2Cc3ccc(-c4noc(C(F)(F)F)n4)cc3OC[C@@H]2c2ccccc2)CCCOC1. The lowest BCUT2D eigenvalue weighted by atomic mass is 9.82. The number of halogens is 3. The largest absolute Gasteiger partial charge is 0.491 e. The summed E-state index contributed by atoms with van der Waals surface area (Å²) in [5.41, 5.74) is 1.35. The van der Waals surface area contributed by atoms with Gasteiger partial charge < -0.3 is 18.9 Å². The van der Waals surface area contributed by atoms with Crippen molar-refractivity contribution in [3.63, 3.8) is 0 Å². The van der Waals surface area contributed by atoms with E-state index < -0.39 is 17.5 Å². The van der Waals surface area contributed by atoms with Crippen molar-refractivity contribution in [2.75, 3.05) is 19.8 Å². The molecule has 0 bridgehead atoms. The molecule has 0 radical (unpaired) electrons. The fourth-order valence-electron chi connectivity index (χ4n) is 4.58. The molecule has 0 spiro atoms. The summed E-state index contributed by atoms with van der Waals surface area (Å²) in [7, 11) is 0. The van der Waals surface area contributed by atoms with E-state index in [2.05, 4.69) is 14.7 Å². The smallest absolute Gasteiger partial charge is 0.471 e. The molecule has 0 saturated carbocycles. The Hall–Kier alpha value is -3.40. The molecule has 0 unspecified atom stereocenters. The number of fused-ring (bicyclic) bond motifs is 1. The lowest BCUT2D eigenvalue weighted by Gasteiger charge is -2.39. The number of rotatable bonds is 3. The zero-order valence-corrected chi connectivity index (χ0v) is 19.0. The van der Waals surface area contributed by atoms with E-state index in [-0.39, 0.29) is 30.9 Å². The molecule has 5 rings (SSSR count). The Morgan fingerprint density at radius 2 is 1.97 bits per heavy atom. The van der Waals surface area contributed by atoms with Crippen LogP contribution in [0.15, 0.2) is 53.1 Å². The lowest BCUT2D eigenvalue weighted by molar-refractivity contribution is -0.159. The second-order valence-electron chi connectivity index (χ2n) is 9.13. The number of alkyl halides is 3. The summed E-state index contributed by atoms with van der Waals surface area (Å²) in [6.07, 6.45) is -3.18. The van der Waals surface area contributed by atoms with Crippen molar-refractivity contribution in [2.45, 2.75) is 38.5 Å². The normalized spacial score (nSPS) is 22.7. The molecular formula is C25H24F3N3O4. The summed E-state index contributed by atoms with van der Waals surface area (Å²) < 4.78 is 54.8. The molecule has 10 heteroatoms. The number of aromatic nitrogens is 2. The standard InChI is InChI=1S/C25H24F3N3O4/c1-24(10-5-11-33-15-24)23(32)31-13-18-9-8-17(21-29-22(35-30-21)25(26,27)28)12-20(18)34-14-19(31)16-6-3-2-4-7-16/h2-4,6-9,12,19H,5,10-11,13-15H2,1H3/t19-,24-/m1/s1. The van der Waals surface area contributed by atoms with Gasteiger partial charge in [-0.1, -0.05) is 47.6 Å². The highest BCUT2D eigenvalue weighted by Gasteiger charge is 2.42. The summed E-state index contributed by atoms with van der Waals surface area (Å²) in [5.74, 6) is -1.15. The van der Waals surface area contributed by atoms with Crippen LogP contribution >= 0.6 is 0 Å². The van der Waals surface area contributed by atoms with E-state index in [9.17, 15) is 18.0 Å². The third-order valence-corrected chi connectivity index (χ3v) is 6.51. The summed E-state index contributed by atoms with van der Waals surface area (Å²) >= 11 is 0. The molecule has 7 nitrogen and oxygen atoms in total. The first-order valence-electron chi connectivity index (χ1n) is 11.4. The van der Waals surface area contributed by atoms with Crippen LogP contribution in [0.25, 0.3) is 11.4 Å². The van der Waals surface area contributed by atoms with Gasteiger partial charge in [0.1, 0.15) is 12.4 Å². The highest BCUT2D eigenvalue weighted by atomic mass is 19.4. The van der Waals surface area contributed by atoms with Gasteiger partial charge in [-0.15, -0.1) is 0 Å². The van der Waals surface area contributed by atoms with Gasteiger partial charge in [0.25, 0.3) is 0 Å². The zero-order valence-electron chi connectivity index (χ0n) is 19.0.